The maximum atomic E-state index is 2.39. The second kappa shape index (κ2) is 5.19. The molecule has 0 aromatic heterocycles. The van der Waals surface area contributed by atoms with Crippen molar-refractivity contribution in [1.82, 2.24) is 0 Å². The first-order chi connectivity index (χ1) is 8.81. The normalized spacial score (nSPS) is 14.3. The molecule has 0 N–H and O–H groups in total. The summed E-state index contributed by atoms with van der Waals surface area (Å²) >= 11 is 1.87. The Morgan fingerprint density at radius 2 is 1.61 bits per heavy atom. The lowest BCUT2D eigenvalue weighted by molar-refractivity contribution is 0.683. The summed E-state index contributed by atoms with van der Waals surface area (Å²) in [6.07, 6.45) is 5.24. The predicted molar refractivity (Wildman–Crippen MR) is 78.4 cm³/mol. The summed E-state index contributed by atoms with van der Waals surface area (Å²) in [4.78, 5) is 2.71. The molecule has 1 aliphatic rings. The Balaban J connectivity index is 1.85. The Hall–Kier alpha value is -1.21. The summed E-state index contributed by atoms with van der Waals surface area (Å²) in [6.45, 7) is 2.15. The molecule has 0 atom stereocenters. The van der Waals surface area contributed by atoms with Gasteiger partial charge in [0.25, 0.3) is 0 Å². The van der Waals surface area contributed by atoms with Crippen LogP contribution < -0.4 is 0 Å². The van der Waals surface area contributed by atoms with Gasteiger partial charge in [-0.3, -0.25) is 0 Å². The van der Waals surface area contributed by atoms with Gasteiger partial charge in [0, 0.05) is 9.79 Å². The standard InChI is InChI=1S/C17H18S/c1-13-5-4-8-16(11-13)18-17-10-9-14-6-2-3-7-15(14)12-17/h4-5,8-12H,2-3,6-7H2,1H3. The van der Waals surface area contributed by atoms with E-state index >= 15 is 0 Å². The SMILES string of the molecule is Cc1cccc(Sc2ccc3c(c2)CCCC3)c1. The molecule has 1 aliphatic carbocycles. The van der Waals surface area contributed by atoms with E-state index in [0.717, 1.165) is 0 Å². The molecule has 0 radical (unpaired) electrons. The maximum absolute atomic E-state index is 2.39. The van der Waals surface area contributed by atoms with Crippen molar-refractivity contribution in [1.29, 1.82) is 0 Å². The molecule has 0 saturated carbocycles. The lowest BCUT2D eigenvalue weighted by Gasteiger charge is -2.16. The molecule has 0 amide bonds. The third kappa shape index (κ3) is 2.62. The van der Waals surface area contributed by atoms with E-state index in [0.29, 0.717) is 0 Å². The average Bonchev–Trinajstić information content (AvgIpc) is 2.39. The molecule has 18 heavy (non-hydrogen) atoms. The minimum Gasteiger partial charge on any atom is -0.0901 e. The quantitative estimate of drug-likeness (QED) is 0.724. The van der Waals surface area contributed by atoms with Gasteiger partial charge >= 0.3 is 0 Å². The van der Waals surface area contributed by atoms with E-state index in [2.05, 4.69) is 49.4 Å². The lowest BCUT2D eigenvalue weighted by atomic mass is 9.92. The summed E-state index contributed by atoms with van der Waals surface area (Å²) in [5.74, 6) is 0. The van der Waals surface area contributed by atoms with Gasteiger partial charge in [-0.05, 0) is 68.0 Å². The van der Waals surface area contributed by atoms with Crippen LogP contribution in [0, 0.1) is 6.92 Å². The van der Waals surface area contributed by atoms with E-state index in [1.807, 2.05) is 11.8 Å². The number of fused-ring (bicyclic) bond motifs is 1. The fourth-order valence-corrected chi connectivity index (χ4v) is 3.59. The molecule has 1 heteroatoms. The van der Waals surface area contributed by atoms with Crippen LogP contribution in [0.4, 0.5) is 0 Å². The molecule has 0 heterocycles. The van der Waals surface area contributed by atoms with Crippen LogP contribution in [0.2, 0.25) is 0 Å². The van der Waals surface area contributed by atoms with Crippen LogP contribution >= 0.6 is 11.8 Å². The zero-order valence-electron chi connectivity index (χ0n) is 10.8. The number of hydrogen-bond acceptors (Lipinski definition) is 1. The second-order valence-corrected chi connectivity index (χ2v) is 6.20. The third-order valence-electron chi connectivity index (χ3n) is 3.55. The smallest absolute Gasteiger partial charge is 0.0125 e. The van der Waals surface area contributed by atoms with Gasteiger partial charge in [0.2, 0.25) is 0 Å². The van der Waals surface area contributed by atoms with E-state index in [1.54, 1.807) is 11.1 Å². The van der Waals surface area contributed by atoms with Crippen LogP contribution in [0.15, 0.2) is 52.3 Å². The Labute approximate surface area is 113 Å². The van der Waals surface area contributed by atoms with Crippen LogP contribution in [0.3, 0.4) is 0 Å². The minimum atomic E-state index is 1.26. The molecule has 2 aromatic carbocycles. The van der Waals surface area contributed by atoms with Gasteiger partial charge < -0.3 is 0 Å². The lowest BCUT2D eigenvalue weighted by Crippen LogP contribution is -2.01. The van der Waals surface area contributed by atoms with E-state index in [4.69, 9.17) is 0 Å². The van der Waals surface area contributed by atoms with E-state index in [-0.39, 0.29) is 0 Å². The Morgan fingerprint density at radius 1 is 0.833 bits per heavy atom. The van der Waals surface area contributed by atoms with Crippen LogP contribution in [-0.4, -0.2) is 0 Å². The molecule has 0 fully saturated rings. The first kappa shape index (κ1) is 11.9. The molecule has 0 saturated heterocycles. The number of hydrogen-bond donors (Lipinski definition) is 0. The fraction of sp³-hybridized carbons (Fsp3) is 0.294. The number of benzene rings is 2. The Bertz CT molecular complexity index is 557. The topological polar surface area (TPSA) is 0 Å². The zero-order valence-corrected chi connectivity index (χ0v) is 11.6. The monoisotopic (exact) mass is 254 g/mol. The largest absolute Gasteiger partial charge is 0.0901 e. The Kier molecular flexibility index (Phi) is 3.42. The van der Waals surface area contributed by atoms with Gasteiger partial charge in [0.15, 0.2) is 0 Å². The van der Waals surface area contributed by atoms with E-state index in [9.17, 15) is 0 Å². The van der Waals surface area contributed by atoms with Gasteiger partial charge in [-0.1, -0.05) is 35.5 Å². The van der Waals surface area contributed by atoms with Crippen molar-refractivity contribution < 1.29 is 0 Å². The van der Waals surface area contributed by atoms with Crippen LogP contribution in [0.5, 0.6) is 0 Å². The van der Waals surface area contributed by atoms with Gasteiger partial charge in [-0.2, -0.15) is 0 Å². The predicted octanol–water partition coefficient (Wildman–Crippen LogP) is 5.03. The molecule has 0 aliphatic heterocycles. The number of rotatable bonds is 2. The molecular weight excluding hydrogens is 236 g/mol. The highest BCUT2D eigenvalue weighted by atomic mass is 32.2. The van der Waals surface area contributed by atoms with Crippen molar-refractivity contribution >= 4 is 11.8 Å². The minimum absolute atomic E-state index is 1.26. The number of aryl methyl sites for hydroxylation is 3. The average molecular weight is 254 g/mol. The summed E-state index contributed by atoms with van der Waals surface area (Å²) in [5.41, 5.74) is 4.46. The summed E-state index contributed by atoms with van der Waals surface area (Å²) in [6, 6.07) is 15.7. The first-order valence-electron chi connectivity index (χ1n) is 6.67. The molecule has 0 nitrogen and oxygen atoms in total. The van der Waals surface area contributed by atoms with Crippen LogP contribution in [0.25, 0.3) is 0 Å². The first-order valence-corrected chi connectivity index (χ1v) is 7.49. The molecule has 0 spiro atoms. The van der Waals surface area contributed by atoms with Gasteiger partial charge in [-0.15, -0.1) is 0 Å². The highest BCUT2D eigenvalue weighted by molar-refractivity contribution is 7.99. The highest BCUT2D eigenvalue weighted by Gasteiger charge is 2.09. The molecule has 3 rings (SSSR count). The van der Waals surface area contributed by atoms with Gasteiger partial charge in [0.05, 0.1) is 0 Å². The van der Waals surface area contributed by atoms with Crippen molar-refractivity contribution in [2.24, 2.45) is 0 Å². The molecule has 2 aromatic rings. The second-order valence-electron chi connectivity index (χ2n) is 5.06. The highest BCUT2D eigenvalue weighted by Crippen LogP contribution is 2.31. The zero-order chi connectivity index (χ0) is 12.4. The van der Waals surface area contributed by atoms with Crippen LogP contribution in [0.1, 0.15) is 29.5 Å². The van der Waals surface area contributed by atoms with Crippen molar-refractivity contribution in [3.63, 3.8) is 0 Å². The summed E-state index contributed by atoms with van der Waals surface area (Å²) in [7, 11) is 0. The van der Waals surface area contributed by atoms with Crippen molar-refractivity contribution in [3.8, 4) is 0 Å². The van der Waals surface area contributed by atoms with E-state index in [1.165, 1.54) is 41.0 Å². The third-order valence-corrected chi connectivity index (χ3v) is 4.52. The molecule has 92 valence electrons. The summed E-state index contributed by atoms with van der Waals surface area (Å²) < 4.78 is 0. The molecular formula is C17H18S. The Morgan fingerprint density at radius 3 is 2.44 bits per heavy atom. The van der Waals surface area contributed by atoms with E-state index < -0.39 is 0 Å². The van der Waals surface area contributed by atoms with Gasteiger partial charge in [0.1, 0.15) is 0 Å². The molecule has 0 unspecified atom stereocenters. The summed E-state index contributed by atoms with van der Waals surface area (Å²) in [5, 5.41) is 0. The van der Waals surface area contributed by atoms with Crippen LogP contribution in [-0.2, 0) is 12.8 Å². The van der Waals surface area contributed by atoms with Crippen molar-refractivity contribution in [2.75, 3.05) is 0 Å². The maximum Gasteiger partial charge on any atom is 0.0125 e. The van der Waals surface area contributed by atoms with Gasteiger partial charge in [-0.25, -0.2) is 0 Å². The fourth-order valence-electron chi connectivity index (χ4n) is 2.59. The van der Waals surface area contributed by atoms with Crippen molar-refractivity contribution in [2.45, 2.75) is 42.4 Å². The molecule has 0 bridgehead atoms. The van der Waals surface area contributed by atoms with Crippen molar-refractivity contribution in [3.05, 3.63) is 59.2 Å².